The van der Waals surface area contributed by atoms with Crippen LogP contribution in [0.4, 0.5) is 4.79 Å². The molecule has 2 N–H and O–H groups in total. The lowest BCUT2D eigenvalue weighted by Gasteiger charge is -2.45. The van der Waals surface area contributed by atoms with Crippen LogP contribution in [-0.2, 0) is 31.4 Å². The van der Waals surface area contributed by atoms with Gasteiger partial charge in [-0.25, -0.2) is 4.79 Å². The average Bonchev–Trinajstić information content (AvgIpc) is 3.04. The summed E-state index contributed by atoms with van der Waals surface area (Å²) in [5.74, 6) is 0.534. The second kappa shape index (κ2) is 12.5. The standard InChI is InChI=1S/C23H26N2O2.C10H8O6S2/c26-23(27-21-16-24-13-10-18(21)11-14-24)25-15-12-17-6-4-5-9-20(17)22(25)19-7-2-1-3-8-19;11-17(12,13)9-5-1-3-7-8(9)4-2-6-10(7)18(14,15)16/h1-9,18,21-22H,10-16H2;1-6H,(H,11,12,13)(H,14,15,16)/t21-,22-;/m0./s1. The zero-order valence-corrected chi connectivity index (χ0v) is 26.0. The molecule has 0 saturated carbocycles. The molecule has 4 aromatic rings. The van der Waals surface area contributed by atoms with E-state index in [4.69, 9.17) is 13.8 Å². The number of carbonyl (C=O) groups is 1. The predicted molar refractivity (Wildman–Crippen MR) is 168 cm³/mol. The molecule has 0 radical (unpaired) electrons. The van der Waals surface area contributed by atoms with Crippen LogP contribution in [-0.4, -0.2) is 74.1 Å². The van der Waals surface area contributed by atoms with Gasteiger partial charge in [0.1, 0.15) is 15.9 Å². The molecule has 4 aliphatic heterocycles. The molecule has 12 heteroatoms. The smallest absolute Gasteiger partial charge is 0.410 e. The molecule has 0 unspecified atom stereocenters. The van der Waals surface area contributed by atoms with E-state index >= 15 is 0 Å². The Bertz CT molecular complexity index is 1850. The van der Waals surface area contributed by atoms with Crippen molar-refractivity contribution in [3.05, 3.63) is 108 Å². The van der Waals surface area contributed by atoms with E-state index < -0.39 is 30.0 Å². The number of amides is 1. The number of piperidine rings is 3. The van der Waals surface area contributed by atoms with E-state index in [1.807, 2.05) is 23.1 Å². The molecule has 2 atom stereocenters. The fraction of sp³-hybridized carbons (Fsp3) is 0.303. The summed E-state index contributed by atoms with van der Waals surface area (Å²) >= 11 is 0. The van der Waals surface area contributed by atoms with Crippen LogP contribution in [0.1, 0.15) is 35.6 Å². The van der Waals surface area contributed by atoms with Crippen molar-refractivity contribution in [1.82, 2.24) is 9.80 Å². The van der Waals surface area contributed by atoms with Crippen LogP contribution in [0.5, 0.6) is 0 Å². The fourth-order valence-corrected chi connectivity index (χ4v) is 8.11. The van der Waals surface area contributed by atoms with Gasteiger partial charge in [-0.3, -0.25) is 18.9 Å². The van der Waals surface area contributed by atoms with Crippen molar-refractivity contribution in [3.63, 3.8) is 0 Å². The average molecular weight is 651 g/mol. The van der Waals surface area contributed by atoms with Crippen molar-refractivity contribution in [3.8, 4) is 0 Å². The van der Waals surface area contributed by atoms with E-state index in [1.165, 1.54) is 35.4 Å². The summed E-state index contributed by atoms with van der Waals surface area (Å²) in [7, 11) is -8.94. The second-order valence-electron chi connectivity index (χ2n) is 11.6. The Morgan fingerprint density at radius 1 is 0.711 bits per heavy atom. The lowest BCUT2D eigenvalue weighted by molar-refractivity contribution is -0.0462. The summed E-state index contributed by atoms with van der Waals surface area (Å²) in [4.78, 5) is 16.8. The van der Waals surface area contributed by atoms with E-state index in [9.17, 15) is 21.6 Å². The Morgan fingerprint density at radius 2 is 1.29 bits per heavy atom. The third kappa shape index (κ3) is 6.61. The number of hydrogen-bond donors (Lipinski definition) is 2. The maximum Gasteiger partial charge on any atom is 0.410 e. The van der Waals surface area contributed by atoms with Crippen LogP contribution in [0.15, 0.2) is 101 Å². The van der Waals surface area contributed by atoms with Crippen molar-refractivity contribution >= 4 is 37.1 Å². The second-order valence-corrected chi connectivity index (χ2v) is 14.4. The van der Waals surface area contributed by atoms with Gasteiger partial charge in [0.2, 0.25) is 0 Å². The highest BCUT2D eigenvalue weighted by molar-refractivity contribution is 7.86. The van der Waals surface area contributed by atoms with Gasteiger partial charge < -0.3 is 4.74 Å². The van der Waals surface area contributed by atoms with Crippen molar-refractivity contribution in [1.29, 1.82) is 0 Å². The fourth-order valence-electron chi connectivity index (χ4n) is 6.70. The predicted octanol–water partition coefficient (Wildman–Crippen LogP) is 5.20. The highest BCUT2D eigenvalue weighted by atomic mass is 32.2. The zero-order chi connectivity index (χ0) is 31.8. The molecular formula is C33H34N2O8S2. The largest absolute Gasteiger partial charge is 0.444 e. The number of benzene rings is 4. The lowest BCUT2D eigenvalue weighted by atomic mass is 9.86. The summed E-state index contributed by atoms with van der Waals surface area (Å²) in [5.41, 5.74) is 3.70. The van der Waals surface area contributed by atoms with E-state index in [0.29, 0.717) is 12.5 Å². The van der Waals surface area contributed by atoms with Crippen LogP contribution < -0.4 is 0 Å². The topological polar surface area (TPSA) is 142 Å². The minimum atomic E-state index is -4.47. The number of hydrogen-bond acceptors (Lipinski definition) is 7. The van der Waals surface area contributed by atoms with Gasteiger partial charge in [-0.1, -0.05) is 78.9 Å². The minimum Gasteiger partial charge on any atom is -0.444 e. The first-order valence-corrected chi connectivity index (χ1v) is 17.7. The maximum atomic E-state index is 13.2. The van der Waals surface area contributed by atoms with E-state index in [0.717, 1.165) is 56.6 Å². The first-order valence-electron chi connectivity index (χ1n) is 14.8. The highest BCUT2D eigenvalue weighted by Gasteiger charge is 2.39. The quantitative estimate of drug-likeness (QED) is 0.285. The van der Waals surface area contributed by atoms with Gasteiger partial charge in [-0.15, -0.1) is 0 Å². The van der Waals surface area contributed by atoms with Gasteiger partial charge in [0.15, 0.2) is 0 Å². The molecule has 3 saturated heterocycles. The SMILES string of the molecule is O=C(O[C@H]1CN2CCC1CC2)N1CCc2ccccc2[C@@H]1c1ccccc1.O=S(=O)(O)c1cccc2c(S(=O)(=O)O)cccc12. The summed E-state index contributed by atoms with van der Waals surface area (Å²) in [6.07, 6.45) is 3.09. The molecular weight excluding hydrogens is 617 g/mol. The molecule has 8 rings (SSSR count). The van der Waals surface area contributed by atoms with Crippen molar-refractivity contribution in [2.24, 2.45) is 5.92 Å². The summed E-state index contributed by atoms with van der Waals surface area (Å²) in [5, 5.41) is 0.0465. The summed E-state index contributed by atoms with van der Waals surface area (Å²) in [6, 6.07) is 26.3. The zero-order valence-electron chi connectivity index (χ0n) is 24.4. The summed E-state index contributed by atoms with van der Waals surface area (Å²) < 4.78 is 68.8. The molecule has 10 nitrogen and oxygen atoms in total. The number of fused-ring (bicyclic) bond motifs is 5. The molecule has 0 aromatic heterocycles. The minimum absolute atomic E-state index is 0.0233. The third-order valence-corrected chi connectivity index (χ3v) is 10.7. The highest BCUT2D eigenvalue weighted by Crippen LogP contribution is 2.37. The molecule has 4 aliphatic rings. The van der Waals surface area contributed by atoms with Crippen molar-refractivity contribution in [2.75, 3.05) is 26.2 Å². The van der Waals surface area contributed by atoms with Crippen LogP contribution in [0.3, 0.4) is 0 Å². The maximum absolute atomic E-state index is 13.2. The molecule has 3 fully saturated rings. The van der Waals surface area contributed by atoms with Crippen LogP contribution in [0.2, 0.25) is 0 Å². The molecule has 1 amide bonds. The number of ether oxygens (including phenoxy) is 1. The number of rotatable bonds is 4. The first-order chi connectivity index (χ1) is 21.5. The monoisotopic (exact) mass is 650 g/mol. The molecule has 236 valence electrons. The Balaban J connectivity index is 0.000000173. The van der Waals surface area contributed by atoms with Crippen molar-refractivity contribution < 1.29 is 35.5 Å². The lowest BCUT2D eigenvalue weighted by Crippen LogP contribution is -2.53. The Labute approximate surface area is 262 Å². The molecule has 0 aliphatic carbocycles. The molecule has 45 heavy (non-hydrogen) atoms. The Morgan fingerprint density at radius 3 is 1.84 bits per heavy atom. The first kappa shape index (κ1) is 31.2. The normalized spacial score (nSPS) is 22.7. The summed E-state index contributed by atoms with van der Waals surface area (Å²) in [6.45, 7) is 3.91. The molecule has 2 bridgehead atoms. The Hall–Kier alpha value is -3.81. The van der Waals surface area contributed by atoms with Gasteiger partial charge in [0.25, 0.3) is 20.2 Å². The molecule has 4 heterocycles. The van der Waals surface area contributed by atoms with Gasteiger partial charge in [0, 0.05) is 23.9 Å². The van der Waals surface area contributed by atoms with Crippen molar-refractivity contribution in [2.45, 2.75) is 41.2 Å². The van der Waals surface area contributed by atoms with Gasteiger partial charge in [-0.2, -0.15) is 16.8 Å². The number of carbonyl (C=O) groups excluding carboxylic acids is 1. The van der Waals surface area contributed by atoms with Crippen LogP contribution >= 0.6 is 0 Å². The van der Waals surface area contributed by atoms with Gasteiger partial charge in [0.05, 0.1) is 6.04 Å². The van der Waals surface area contributed by atoms with Crippen LogP contribution in [0, 0.1) is 5.92 Å². The third-order valence-electron chi connectivity index (χ3n) is 8.88. The van der Waals surface area contributed by atoms with E-state index in [-0.39, 0.29) is 29.0 Å². The van der Waals surface area contributed by atoms with E-state index in [2.05, 4.69) is 41.3 Å². The number of nitrogens with zero attached hydrogens (tertiary/aromatic N) is 2. The van der Waals surface area contributed by atoms with Gasteiger partial charge >= 0.3 is 6.09 Å². The molecule has 0 spiro atoms. The Kier molecular flexibility index (Phi) is 8.68. The van der Waals surface area contributed by atoms with Crippen LogP contribution in [0.25, 0.3) is 10.8 Å². The van der Waals surface area contributed by atoms with Gasteiger partial charge in [-0.05, 0) is 67.1 Å². The van der Waals surface area contributed by atoms with E-state index in [1.54, 1.807) is 0 Å². The molecule has 4 aromatic carbocycles.